The fraction of sp³-hybridized carbons (Fsp3) is 0.192. The molecule has 0 aliphatic carbocycles. The van der Waals surface area contributed by atoms with Crippen molar-refractivity contribution in [2.45, 2.75) is 6.92 Å². The van der Waals surface area contributed by atoms with Gasteiger partial charge in [-0.25, -0.2) is 4.68 Å². The van der Waals surface area contributed by atoms with Crippen molar-refractivity contribution in [3.63, 3.8) is 0 Å². The Morgan fingerprint density at radius 1 is 0.844 bits per heavy atom. The number of hydrogen-bond acceptors (Lipinski definition) is 5. The first-order valence-corrected chi connectivity index (χ1v) is 10.7. The lowest BCUT2D eigenvalue weighted by Gasteiger charge is -2.07. The summed E-state index contributed by atoms with van der Waals surface area (Å²) in [5.41, 5.74) is 3.97. The fourth-order valence-corrected chi connectivity index (χ4v) is 3.94. The predicted octanol–water partition coefficient (Wildman–Crippen LogP) is 4.43. The van der Waals surface area contributed by atoms with Crippen molar-refractivity contribution in [2.75, 3.05) is 27.2 Å². The monoisotopic (exact) mass is 423 g/mol. The van der Waals surface area contributed by atoms with E-state index in [0.29, 0.717) is 6.61 Å². The quantitative estimate of drug-likeness (QED) is 0.310. The third-order valence-electron chi connectivity index (χ3n) is 5.61. The summed E-state index contributed by atoms with van der Waals surface area (Å²) in [6.07, 6.45) is 0. The van der Waals surface area contributed by atoms with Crippen LogP contribution in [0.3, 0.4) is 0 Å². The van der Waals surface area contributed by atoms with Crippen molar-refractivity contribution in [1.29, 1.82) is 0 Å². The number of benzene rings is 3. The highest BCUT2D eigenvalue weighted by molar-refractivity contribution is 6.14. The molecule has 0 saturated carbocycles. The van der Waals surface area contributed by atoms with Crippen LogP contribution in [-0.2, 0) is 4.84 Å². The molecule has 5 aromatic rings. The maximum Gasteiger partial charge on any atom is 0.129 e. The van der Waals surface area contributed by atoms with Crippen molar-refractivity contribution < 1.29 is 4.84 Å². The minimum Gasteiger partial charge on any atom is -0.394 e. The van der Waals surface area contributed by atoms with Crippen LogP contribution >= 0.6 is 0 Å². The highest BCUT2D eigenvalue weighted by Crippen LogP contribution is 2.28. The van der Waals surface area contributed by atoms with Gasteiger partial charge in [-0.05, 0) is 33.2 Å². The number of aromatic nitrogens is 3. The maximum atomic E-state index is 5.76. The molecule has 1 heterocycles. The van der Waals surface area contributed by atoms with Gasteiger partial charge >= 0.3 is 0 Å². The second kappa shape index (κ2) is 8.40. The zero-order valence-corrected chi connectivity index (χ0v) is 18.5. The highest BCUT2D eigenvalue weighted by atomic mass is 16.6. The molecule has 6 nitrogen and oxygen atoms in total. The third kappa shape index (κ3) is 3.59. The molecule has 0 unspecified atom stereocenters. The van der Waals surface area contributed by atoms with Gasteiger partial charge in [0.1, 0.15) is 23.0 Å². The maximum absolute atomic E-state index is 5.76. The Hall–Kier alpha value is -3.77. The number of likely N-dealkylation sites (N-methyl/N-ethyl adjacent to an activating group) is 1. The standard InChI is InChI=1S/C26H25N5O/c1-18-12-14-19(15-13-18)31-26-23-11-7-6-10-22(23)24(28-32-17-16-30(2)3)20-8-4-5-9-21(20)25(26)27-29-31/h4-15H,16-17H2,1-3H3/b28-24-. The Balaban J connectivity index is 1.89. The van der Waals surface area contributed by atoms with E-state index in [2.05, 4.69) is 75.8 Å². The summed E-state index contributed by atoms with van der Waals surface area (Å²) >= 11 is 0. The minimum atomic E-state index is 0.517. The van der Waals surface area contributed by atoms with E-state index in [1.807, 2.05) is 43.0 Å². The normalized spacial score (nSPS) is 12.3. The van der Waals surface area contributed by atoms with Crippen molar-refractivity contribution in [3.8, 4) is 5.69 Å². The van der Waals surface area contributed by atoms with E-state index in [-0.39, 0.29) is 0 Å². The molecular formula is C26H25N5O. The molecule has 6 heteroatoms. The third-order valence-corrected chi connectivity index (χ3v) is 5.61. The number of aryl methyl sites for hydroxylation is 1. The predicted molar refractivity (Wildman–Crippen MR) is 129 cm³/mol. The molecule has 0 aliphatic rings. The Labute approximate surface area is 186 Å². The van der Waals surface area contributed by atoms with Crippen LogP contribution in [0.5, 0.6) is 0 Å². The molecule has 5 rings (SSSR count). The fourth-order valence-electron chi connectivity index (χ4n) is 3.94. The first-order valence-electron chi connectivity index (χ1n) is 10.7. The summed E-state index contributed by atoms with van der Waals surface area (Å²) in [6.45, 7) is 3.39. The highest BCUT2D eigenvalue weighted by Gasteiger charge is 2.15. The van der Waals surface area contributed by atoms with Crippen molar-refractivity contribution in [2.24, 2.45) is 5.16 Å². The Morgan fingerprint density at radius 2 is 1.47 bits per heavy atom. The van der Waals surface area contributed by atoms with Crippen LogP contribution in [0.4, 0.5) is 0 Å². The Morgan fingerprint density at radius 3 is 2.16 bits per heavy atom. The number of rotatable bonds is 5. The topological polar surface area (TPSA) is 55.5 Å². The second-order valence-corrected chi connectivity index (χ2v) is 8.20. The molecular weight excluding hydrogens is 398 g/mol. The summed E-state index contributed by atoms with van der Waals surface area (Å²) in [4.78, 5) is 7.83. The smallest absolute Gasteiger partial charge is 0.129 e. The van der Waals surface area contributed by atoms with Crippen molar-refractivity contribution in [3.05, 3.63) is 83.7 Å². The van der Waals surface area contributed by atoms with Gasteiger partial charge in [0.05, 0.1) is 5.69 Å². The summed E-state index contributed by atoms with van der Waals surface area (Å²) in [5, 5.41) is 18.6. The Bertz CT molecular complexity index is 1490. The number of fused-ring (bicyclic) bond motifs is 5. The molecule has 0 amide bonds. The summed E-state index contributed by atoms with van der Waals surface area (Å²) in [7, 11) is 4.04. The molecule has 0 aliphatic heterocycles. The zero-order valence-electron chi connectivity index (χ0n) is 18.5. The van der Waals surface area contributed by atoms with E-state index < -0.39 is 0 Å². The molecule has 0 atom stereocenters. The molecule has 0 N–H and O–H groups in total. The Kier molecular flexibility index (Phi) is 5.29. The molecule has 0 fully saturated rings. The van der Waals surface area contributed by atoms with Gasteiger partial charge in [0.25, 0.3) is 0 Å². The summed E-state index contributed by atoms with van der Waals surface area (Å²) < 4.78 is 1.92. The molecule has 32 heavy (non-hydrogen) atoms. The zero-order chi connectivity index (χ0) is 22.1. The van der Waals surface area contributed by atoms with E-state index in [4.69, 9.17) is 4.84 Å². The van der Waals surface area contributed by atoms with E-state index >= 15 is 0 Å². The van der Waals surface area contributed by atoms with Crippen LogP contribution in [0, 0.1) is 6.92 Å². The summed E-state index contributed by atoms with van der Waals surface area (Å²) in [6, 6.07) is 24.8. The molecule has 4 aromatic carbocycles. The first kappa shape index (κ1) is 20.2. The van der Waals surface area contributed by atoms with E-state index in [1.165, 1.54) is 5.56 Å². The molecule has 160 valence electrons. The van der Waals surface area contributed by atoms with Crippen molar-refractivity contribution in [1.82, 2.24) is 19.9 Å². The van der Waals surface area contributed by atoms with Crippen LogP contribution in [-0.4, -0.2) is 47.1 Å². The van der Waals surface area contributed by atoms with Crippen LogP contribution in [0.1, 0.15) is 5.56 Å². The lowest BCUT2D eigenvalue weighted by molar-refractivity contribution is 0.117. The van der Waals surface area contributed by atoms with Crippen LogP contribution in [0.2, 0.25) is 0 Å². The number of hydrogen-bond donors (Lipinski definition) is 0. The summed E-state index contributed by atoms with van der Waals surface area (Å²) in [5.74, 6) is 0. The number of nitrogens with zero attached hydrogens (tertiary/aromatic N) is 5. The average molecular weight is 424 g/mol. The molecule has 1 aromatic heterocycles. The van der Waals surface area contributed by atoms with E-state index in [0.717, 1.165) is 50.2 Å². The molecule has 0 spiro atoms. The molecule has 0 radical (unpaired) electrons. The van der Waals surface area contributed by atoms with Crippen LogP contribution in [0.15, 0.2) is 78.0 Å². The van der Waals surface area contributed by atoms with Crippen LogP contribution in [0.25, 0.3) is 38.3 Å². The van der Waals surface area contributed by atoms with E-state index in [1.54, 1.807) is 0 Å². The minimum absolute atomic E-state index is 0.517. The first-order chi connectivity index (χ1) is 15.6. The SMILES string of the molecule is Cc1ccc(-n2nnc3c4ccccc4/c(=N/OCCN(C)C)c4ccccc4c32)cc1. The lowest BCUT2D eigenvalue weighted by atomic mass is 10.1. The van der Waals surface area contributed by atoms with Gasteiger partial charge in [-0.3, -0.25) is 0 Å². The van der Waals surface area contributed by atoms with Crippen LogP contribution < -0.4 is 5.36 Å². The van der Waals surface area contributed by atoms with Gasteiger partial charge in [-0.15, -0.1) is 5.10 Å². The molecule has 0 saturated heterocycles. The van der Waals surface area contributed by atoms with Gasteiger partial charge in [-0.2, -0.15) is 0 Å². The molecule has 0 bridgehead atoms. The van der Waals surface area contributed by atoms with Gasteiger partial charge < -0.3 is 9.74 Å². The van der Waals surface area contributed by atoms with Gasteiger partial charge in [0, 0.05) is 28.1 Å². The van der Waals surface area contributed by atoms with Gasteiger partial charge in [-0.1, -0.05) is 76.6 Å². The van der Waals surface area contributed by atoms with Gasteiger partial charge in [0.15, 0.2) is 0 Å². The second-order valence-electron chi connectivity index (χ2n) is 8.20. The average Bonchev–Trinajstić information content (AvgIpc) is 3.20. The van der Waals surface area contributed by atoms with Crippen molar-refractivity contribution >= 4 is 32.6 Å². The lowest BCUT2D eigenvalue weighted by Crippen LogP contribution is -2.17. The largest absolute Gasteiger partial charge is 0.394 e. The van der Waals surface area contributed by atoms with E-state index in [9.17, 15) is 0 Å². The van der Waals surface area contributed by atoms with Gasteiger partial charge in [0.2, 0.25) is 0 Å².